The molecule has 1 aliphatic rings. The molecule has 1 fully saturated rings. The molecule has 0 aromatic heterocycles. The summed E-state index contributed by atoms with van der Waals surface area (Å²) < 4.78 is 14.2. The molecule has 0 spiro atoms. The van der Waals surface area contributed by atoms with E-state index in [1.54, 1.807) is 24.0 Å². The number of halogens is 1. The van der Waals surface area contributed by atoms with Gasteiger partial charge in [-0.2, -0.15) is 0 Å². The van der Waals surface area contributed by atoms with E-state index in [1.807, 2.05) is 0 Å². The molecule has 1 aromatic carbocycles. The number of rotatable bonds is 10. The molecule has 1 saturated heterocycles. The number of unbranched alkanes of at least 4 members (excludes halogenated alkanes) is 2. The van der Waals surface area contributed by atoms with Gasteiger partial charge in [0, 0.05) is 18.5 Å². The molecule has 2 amide bonds. The van der Waals surface area contributed by atoms with Crippen molar-refractivity contribution in [2.75, 3.05) is 11.4 Å². The summed E-state index contributed by atoms with van der Waals surface area (Å²) in [5.74, 6) is -0.165. The highest BCUT2D eigenvalue weighted by Gasteiger charge is 2.39. The van der Waals surface area contributed by atoms with E-state index < -0.39 is 5.97 Å². The van der Waals surface area contributed by atoms with Crippen molar-refractivity contribution >= 4 is 23.5 Å². The quantitative estimate of drug-likeness (QED) is 0.475. The standard InChI is InChI=1S/C24H36FN3O3/c1-16(15-24(3,4)5)14-20-22(26-13-8-6-7-12-21(29)30)27-23(31)28(20)19-11-9-10-18(25)17(19)2/h9-11,16,20H,6-8,12-15H2,1-5H3,(H,29,30)(H,26,27,31). The molecular formula is C24H36FN3O3. The van der Waals surface area contributed by atoms with E-state index in [1.165, 1.54) is 6.07 Å². The first-order valence-corrected chi connectivity index (χ1v) is 11.1. The number of carbonyl (C=O) groups excluding carboxylic acids is 1. The van der Waals surface area contributed by atoms with Crippen molar-refractivity contribution in [1.82, 2.24) is 5.32 Å². The van der Waals surface area contributed by atoms with Gasteiger partial charge in [0.15, 0.2) is 0 Å². The summed E-state index contributed by atoms with van der Waals surface area (Å²) in [6.07, 6.45) is 4.03. The molecule has 1 aromatic rings. The SMILES string of the molecule is Cc1c(F)cccc1N1C(=O)NC(=NCCCCCC(=O)O)C1CC(C)CC(C)(C)C. The van der Waals surface area contributed by atoms with Gasteiger partial charge in [0.25, 0.3) is 0 Å². The van der Waals surface area contributed by atoms with Crippen LogP contribution in [0.3, 0.4) is 0 Å². The number of hydrogen-bond donors (Lipinski definition) is 2. The minimum Gasteiger partial charge on any atom is -0.481 e. The van der Waals surface area contributed by atoms with Gasteiger partial charge in [0.2, 0.25) is 0 Å². The monoisotopic (exact) mass is 433 g/mol. The molecule has 2 N–H and O–H groups in total. The predicted molar refractivity (Wildman–Crippen MR) is 122 cm³/mol. The second-order valence-corrected chi connectivity index (χ2v) is 9.78. The normalized spacial score (nSPS) is 19.0. The minimum absolute atomic E-state index is 0.160. The van der Waals surface area contributed by atoms with Crippen LogP contribution in [0.15, 0.2) is 23.2 Å². The molecule has 0 aliphatic carbocycles. The number of anilines is 1. The Bertz CT molecular complexity index is 817. The van der Waals surface area contributed by atoms with E-state index in [2.05, 4.69) is 38.0 Å². The number of amides is 2. The summed E-state index contributed by atoms with van der Waals surface area (Å²) in [6.45, 7) is 11.0. The van der Waals surface area contributed by atoms with Crippen molar-refractivity contribution in [2.45, 2.75) is 79.2 Å². The van der Waals surface area contributed by atoms with Crippen molar-refractivity contribution in [3.63, 3.8) is 0 Å². The van der Waals surface area contributed by atoms with Crippen molar-refractivity contribution in [3.05, 3.63) is 29.6 Å². The van der Waals surface area contributed by atoms with Crippen LogP contribution in [-0.2, 0) is 4.79 Å². The summed E-state index contributed by atoms with van der Waals surface area (Å²) in [5.41, 5.74) is 1.18. The van der Waals surface area contributed by atoms with Gasteiger partial charge in [0.1, 0.15) is 11.7 Å². The van der Waals surface area contributed by atoms with Gasteiger partial charge in [-0.1, -0.05) is 40.2 Å². The molecule has 0 bridgehead atoms. The number of urea groups is 1. The van der Waals surface area contributed by atoms with E-state index in [4.69, 9.17) is 5.11 Å². The van der Waals surface area contributed by atoms with Gasteiger partial charge in [-0.25, -0.2) is 9.18 Å². The number of hydrogen-bond acceptors (Lipinski definition) is 3. The van der Waals surface area contributed by atoms with Crippen LogP contribution < -0.4 is 10.2 Å². The number of aliphatic imine (C=N–C) groups is 1. The van der Waals surface area contributed by atoms with Gasteiger partial charge >= 0.3 is 12.0 Å². The number of nitrogens with zero attached hydrogens (tertiary/aromatic N) is 2. The lowest BCUT2D eigenvalue weighted by Crippen LogP contribution is -2.37. The maximum absolute atomic E-state index is 14.2. The van der Waals surface area contributed by atoms with Crippen LogP contribution in [0.1, 0.15) is 71.8 Å². The molecule has 2 atom stereocenters. The maximum atomic E-state index is 14.2. The van der Waals surface area contributed by atoms with E-state index >= 15 is 0 Å². The Balaban J connectivity index is 2.21. The number of carboxylic acids is 1. The van der Waals surface area contributed by atoms with Crippen molar-refractivity contribution < 1.29 is 19.1 Å². The lowest BCUT2D eigenvalue weighted by molar-refractivity contribution is -0.137. The molecule has 31 heavy (non-hydrogen) atoms. The first kappa shape index (κ1) is 24.8. The van der Waals surface area contributed by atoms with E-state index in [9.17, 15) is 14.0 Å². The summed E-state index contributed by atoms with van der Waals surface area (Å²) in [4.78, 5) is 29.8. The third-order valence-electron chi connectivity index (χ3n) is 5.50. The van der Waals surface area contributed by atoms with Crippen molar-refractivity contribution in [3.8, 4) is 0 Å². The Morgan fingerprint density at radius 1 is 1.29 bits per heavy atom. The minimum atomic E-state index is -0.789. The Kier molecular flexibility index (Phi) is 8.60. The molecule has 0 saturated carbocycles. The van der Waals surface area contributed by atoms with Crippen LogP contribution in [0.2, 0.25) is 0 Å². The Labute approximate surface area is 184 Å². The number of aliphatic carboxylic acids is 1. The second-order valence-electron chi connectivity index (χ2n) is 9.78. The molecule has 2 rings (SSSR count). The van der Waals surface area contributed by atoms with Crippen molar-refractivity contribution in [2.24, 2.45) is 16.3 Å². The molecule has 1 heterocycles. The van der Waals surface area contributed by atoms with Gasteiger partial charge in [-0.15, -0.1) is 0 Å². The first-order chi connectivity index (χ1) is 14.5. The largest absolute Gasteiger partial charge is 0.481 e. The Morgan fingerprint density at radius 2 is 2.00 bits per heavy atom. The van der Waals surface area contributed by atoms with Gasteiger partial charge in [-0.3, -0.25) is 20.0 Å². The zero-order valence-corrected chi connectivity index (χ0v) is 19.4. The average Bonchev–Trinajstić information content (AvgIpc) is 2.93. The number of carbonyl (C=O) groups is 2. The fraction of sp³-hybridized carbons (Fsp3) is 0.625. The summed E-state index contributed by atoms with van der Waals surface area (Å²) in [7, 11) is 0. The molecule has 0 radical (unpaired) electrons. The van der Waals surface area contributed by atoms with Gasteiger partial charge in [-0.05, 0) is 56.1 Å². The van der Waals surface area contributed by atoms with E-state index in [0.29, 0.717) is 36.0 Å². The highest BCUT2D eigenvalue weighted by Crippen LogP contribution is 2.33. The van der Waals surface area contributed by atoms with Crippen molar-refractivity contribution in [1.29, 1.82) is 0 Å². The topological polar surface area (TPSA) is 82.0 Å². The third kappa shape index (κ3) is 7.33. The lowest BCUT2D eigenvalue weighted by Gasteiger charge is -2.29. The summed E-state index contributed by atoms with van der Waals surface area (Å²) in [6, 6.07) is 4.23. The zero-order valence-electron chi connectivity index (χ0n) is 19.4. The molecule has 172 valence electrons. The second kappa shape index (κ2) is 10.7. The lowest BCUT2D eigenvalue weighted by atomic mass is 9.82. The van der Waals surface area contributed by atoms with E-state index in [-0.39, 0.29) is 29.7 Å². The Hall–Kier alpha value is -2.44. The summed E-state index contributed by atoms with van der Waals surface area (Å²) in [5, 5.41) is 11.6. The number of carboxylic acid groups (broad SMARTS) is 1. The van der Waals surface area contributed by atoms with Crippen LogP contribution >= 0.6 is 0 Å². The number of nitrogens with one attached hydrogen (secondary N) is 1. The molecule has 7 heteroatoms. The van der Waals surface area contributed by atoms with Gasteiger partial charge < -0.3 is 5.11 Å². The number of benzene rings is 1. The number of amidine groups is 1. The van der Waals surface area contributed by atoms with Crippen LogP contribution in [0.5, 0.6) is 0 Å². The van der Waals surface area contributed by atoms with Gasteiger partial charge in [0.05, 0.1) is 11.7 Å². The Morgan fingerprint density at radius 3 is 2.65 bits per heavy atom. The van der Waals surface area contributed by atoms with Crippen LogP contribution in [0.4, 0.5) is 14.9 Å². The fourth-order valence-electron chi connectivity index (χ4n) is 4.29. The van der Waals surface area contributed by atoms with E-state index in [0.717, 1.165) is 25.7 Å². The summed E-state index contributed by atoms with van der Waals surface area (Å²) >= 11 is 0. The predicted octanol–water partition coefficient (Wildman–Crippen LogP) is 5.54. The third-order valence-corrected chi connectivity index (χ3v) is 5.50. The maximum Gasteiger partial charge on any atom is 0.327 e. The highest BCUT2D eigenvalue weighted by molar-refractivity contribution is 6.16. The highest BCUT2D eigenvalue weighted by atomic mass is 19.1. The smallest absolute Gasteiger partial charge is 0.327 e. The fourth-order valence-corrected chi connectivity index (χ4v) is 4.29. The molecular weight excluding hydrogens is 397 g/mol. The first-order valence-electron chi connectivity index (χ1n) is 11.1. The van der Waals surface area contributed by atoms with Crippen LogP contribution in [-0.4, -0.2) is 35.5 Å². The molecule has 2 unspecified atom stereocenters. The molecule has 6 nitrogen and oxygen atoms in total. The van der Waals surface area contributed by atoms with Crippen LogP contribution in [0.25, 0.3) is 0 Å². The van der Waals surface area contributed by atoms with Crippen LogP contribution in [0, 0.1) is 24.1 Å². The molecule has 1 aliphatic heterocycles. The zero-order chi connectivity index (χ0) is 23.2. The average molecular weight is 434 g/mol.